The van der Waals surface area contributed by atoms with Crippen molar-refractivity contribution in [3.8, 4) is 0 Å². The predicted molar refractivity (Wildman–Crippen MR) is 78.8 cm³/mol. The Kier molecular flexibility index (Phi) is 4.63. The fourth-order valence-electron chi connectivity index (χ4n) is 3.12. The maximum atomic E-state index is 6.05. The monoisotopic (exact) mass is 297 g/mol. The van der Waals surface area contributed by atoms with Crippen LogP contribution in [0.25, 0.3) is 0 Å². The van der Waals surface area contributed by atoms with Gasteiger partial charge in [0.2, 0.25) is 11.7 Å². The van der Waals surface area contributed by atoms with E-state index in [-0.39, 0.29) is 11.6 Å². The first-order valence-electron chi connectivity index (χ1n) is 7.63. The van der Waals surface area contributed by atoms with Gasteiger partial charge in [0.25, 0.3) is 0 Å². The van der Waals surface area contributed by atoms with Gasteiger partial charge in [0.1, 0.15) is 5.60 Å². The standard InChI is InChI=1S/C14H23N3O2S/c1-2-18-14(6-4-3-5-7-14)13-16-12(19-17-13)11-10-20-9-8-15-11/h11,15H,2-10H2,1H3. The summed E-state index contributed by atoms with van der Waals surface area (Å²) in [7, 11) is 0. The quantitative estimate of drug-likeness (QED) is 0.922. The summed E-state index contributed by atoms with van der Waals surface area (Å²) in [5, 5.41) is 7.68. The summed E-state index contributed by atoms with van der Waals surface area (Å²) in [6.07, 6.45) is 5.66. The van der Waals surface area contributed by atoms with Gasteiger partial charge in [-0.05, 0) is 19.8 Å². The Morgan fingerprint density at radius 2 is 2.25 bits per heavy atom. The highest BCUT2D eigenvalue weighted by atomic mass is 32.2. The first-order chi connectivity index (χ1) is 9.84. The molecule has 20 heavy (non-hydrogen) atoms. The van der Waals surface area contributed by atoms with Crippen molar-refractivity contribution in [3.05, 3.63) is 11.7 Å². The molecule has 1 aliphatic heterocycles. The maximum Gasteiger partial charge on any atom is 0.244 e. The lowest BCUT2D eigenvalue weighted by Crippen LogP contribution is -2.34. The van der Waals surface area contributed by atoms with E-state index in [1.165, 1.54) is 19.3 Å². The molecule has 0 radical (unpaired) electrons. The molecule has 2 aliphatic rings. The van der Waals surface area contributed by atoms with Crippen LogP contribution < -0.4 is 5.32 Å². The van der Waals surface area contributed by atoms with Crippen molar-refractivity contribution in [1.29, 1.82) is 0 Å². The van der Waals surface area contributed by atoms with E-state index in [2.05, 4.69) is 15.5 Å². The lowest BCUT2D eigenvalue weighted by molar-refractivity contribution is -0.0777. The summed E-state index contributed by atoms with van der Waals surface area (Å²) in [5.74, 6) is 3.63. The van der Waals surface area contributed by atoms with E-state index in [0.717, 1.165) is 42.6 Å². The second-order valence-electron chi connectivity index (χ2n) is 5.53. The first kappa shape index (κ1) is 14.4. The molecule has 6 heteroatoms. The minimum atomic E-state index is -0.309. The Labute approximate surface area is 124 Å². The number of aromatic nitrogens is 2. The first-order valence-corrected chi connectivity index (χ1v) is 8.79. The van der Waals surface area contributed by atoms with Crippen LogP contribution in [0.15, 0.2) is 4.52 Å². The van der Waals surface area contributed by atoms with Gasteiger partial charge in [-0.3, -0.25) is 0 Å². The molecule has 1 aromatic rings. The highest BCUT2D eigenvalue weighted by Crippen LogP contribution is 2.39. The summed E-state index contributed by atoms with van der Waals surface area (Å²) in [4.78, 5) is 4.67. The SMILES string of the molecule is CCOC1(c2noc(C3CSCCN3)n2)CCCCC1. The number of thioether (sulfide) groups is 1. The van der Waals surface area contributed by atoms with E-state index < -0.39 is 0 Å². The molecule has 0 aromatic carbocycles. The third kappa shape index (κ3) is 2.87. The number of hydrogen-bond donors (Lipinski definition) is 1. The highest BCUT2D eigenvalue weighted by Gasteiger charge is 2.39. The molecule has 1 atom stereocenters. The van der Waals surface area contributed by atoms with Gasteiger partial charge in [-0.2, -0.15) is 16.7 Å². The van der Waals surface area contributed by atoms with Crippen molar-refractivity contribution in [3.63, 3.8) is 0 Å². The fraction of sp³-hybridized carbons (Fsp3) is 0.857. The van der Waals surface area contributed by atoms with Crippen molar-refractivity contribution in [2.24, 2.45) is 0 Å². The summed E-state index contributed by atoms with van der Waals surface area (Å²) >= 11 is 1.93. The predicted octanol–water partition coefficient (Wildman–Crippen LogP) is 2.64. The smallest absolute Gasteiger partial charge is 0.244 e. The van der Waals surface area contributed by atoms with Crippen molar-refractivity contribution in [2.45, 2.75) is 50.7 Å². The van der Waals surface area contributed by atoms with Gasteiger partial charge in [0.05, 0.1) is 6.04 Å². The second kappa shape index (κ2) is 6.45. The van der Waals surface area contributed by atoms with Crippen LogP contribution in [0, 0.1) is 0 Å². The molecule has 1 aliphatic carbocycles. The Morgan fingerprint density at radius 1 is 1.40 bits per heavy atom. The van der Waals surface area contributed by atoms with Crippen LogP contribution in [-0.2, 0) is 10.3 Å². The van der Waals surface area contributed by atoms with Crippen LogP contribution in [0.1, 0.15) is 56.8 Å². The van der Waals surface area contributed by atoms with Crippen LogP contribution in [-0.4, -0.2) is 34.8 Å². The molecular weight excluding hydrogens is 274 g/mol. The zero-order valence-electron chi connectivity index (χ0n) is 12.1. The average Bonchev–Trinajstić information content (AvgIpc) is 3.00. The normalized spacial score (nSPS) is 26.6. The Hall–Kier alpha value is -0.590. The van der Waals surface area contributed by atoms with Crippen LogP contribution >= 0.6 is 11.8 Å². The lowest BCUT2D eigenvalue weighted by atomic mass is 9.84. The van der Waals surface area contributed by atoms with E-state index in [1.54, 1.807) is 0 Å². The fourth-order valence-corrected chi connectivity index (χ4v) is 4.04. The zero-order chi connectivity index (χ0) is 13.8. The van der Waals surface area contributed by atoms with Crippen LogP contribution in [0.5, 0.6) is 0 Å². The summed E-state index contributed by atoms with van der Waals surface area (Å²) in [5.41, 5.74) is -0.309. The molecule has 3 rings (SSSR count). The molecule has 112 valence electrons. The van der Waals surface area contributed by atoms with Gasteiger partial charge in [-0.25, -0.2) is 0 Å². The zero-order valence-corrected chi connectivity index (χ0v) is 12.9. The summed E-state index contributed by atoms with van der Waals surface area (Å²) < 4.78 is 11.6. The largest absolute Gasteiger partial charge is 0.367 e. The molecular formula is C14H23N3O2S. The molecule has 1 aromatic heterocycles. The molecule has 2 heterocycles. The highest BCUT2D eigenvalue weighted by molar-refractivity contribution is 7.99. The molecule has 1 saturated heterocycles. The molecule has 2 fully saturated rings. The van der Waals surface area contributed by atoms with Gasteiger partial charge in [-0.15, -0.1) is 0 Å². The molecule has 1 unspecified atom stereocenters. The van der Waals surface area contributed by atoms with E-state index >= 15 is 0 Å². The maximum absolute atomic E-state index is 6.05. The third-order valence-corrected chi connectivity index (χ3v) is 5.21. The molecule has 0 spiro atoms. The van der Waals surface area contributed by atoms with E-state index in [9.17, 15) is 0 Å². The summed E-state index contributed by atoms with van der Waals surface area (Å²) in [6, 6.07) is 0.192. The van der Waals surface area contributed by atoms with E-state index in [0.29, 0.717) is 6.61 Å². The molecule has 1 saturated carbocycles. The lowest BCUT2D eigenvalue weighted by Gasteiger charge is -2.34. The Bertz CT molecular complexity index is 420. The van der Waals surface area contributed by atoms with Gasteiger partial charge in [0.15, 0.2) is 0 Å². The average molecular weight is 297 g/mol. The van der Waals surface area contributed by atoms with Crippen molar-refractivity contribution in [1.82, 2.24) is 15.5 Å². The number of rotatable bonds is 4. The topological polar surface area (TPSA) is 60.2 Å². The van der Waals surface area contributed by atoms with Gasteiger partial charge in [0, 0.05) is 24.7 Å². The van der Waals surface area contributed by atoms with Crippen molar-refractivity contribution in [2.75, 3.05) is 24.7 Å². The minimum absolute atomic E-state index is 0.192. The van der Waals surface area contributed by atoms with Gasteiger partial charge in [-0.1, -0.05) is 24.4 Å². The van der Waals surface area contributed by atoms with E-state index in [1.807, 2.05) is 18.7 Å². The molecule has 1 N–H and O–H groups in total. The minimum Gasteiger partial charge on any atom is -0.367 e. The number of hydrogen-bond acceptors (Lipinski definition) is 6. The van der Waals surface area contributed by atoms with Crippen molar-refractivity contribution < 1.29 is 9.26 Å². The molecule has 5 nitrogen and oxygen atoms in total. The number of nitrogens with zero attached hydrogens (tertiary/aromatic N) is 2. The van der Waals surface area contributed by atoms with Crippen LogP contribution in [0.2, 0.25) is 0 Å². The van der Waals surface area contributed by atoms with Crippen LogP contribution in [0.3, 0.4) is 0 Å². The second-order valence-corrected chi connectivity index (χ2v) is 6.68. The number of nitrogens with one attached hydrogen (secondary N) is 1. The van der Waals surface area contributed by atoms with Crippen LogP contribution in [0.4, 0.5) is 0 Å². The molecule has 0 amide bonds. The van der Waals surface area contributed by atoms with Crippen molar-refractivity contribution >= 4 is 11.8 Å². The third-order valence-electron chi connectivity index (χ3n) is 4.15. The Balaban J connectivity index is 1.79. The van der Waals surface area contributed by atoms with Gasteiger partial charge >= 0.3 is 0 Å². The summed E-state index contributed by atoms with van der Waals surface area (Å²) in [6.45, 7) is 3.74. The molecule has 0 bridgehead atoms. The van der Waals surface area contributed by atoms with E-state index in [4.69, 9.17) is 9.26 Å². The Morgan fingerprint density at radius 3 is 2.95 bits per heavy atom. The van der Waals surface area contributed by atoms with Gasteiger partial charge < -0.3 is 14.6 Å². The number of ether oxygens (including phenoxy) is 1.